The van der Waals surface area contributed by atoms with Crippen LogP contribution in [0.3, 0.4) is 0 Å². The summed E-state index contributed by atoms with van der Waals surface area (Å²) in [7, 11) is -3.05. The first-order valence-electron chi connectivity index (χ1n) is 10.8. The molecule has 9 nitrogen and oxygen atoms in total. The van der Waals surface area contributed by atoms with E-state index in [0.717, 1.165) is 64.1 Å². The number of hydrogen-bond acceptors (Lipinski definition) is 7. The van der Waals surface area contributed by atoms with E-state index >= 15 is 0 Å². The molecule has 0 aromatic carbocycles. The van der Waals surface area contributed by atoms with Crippen LogP contribution in [0.4, 0.5) is 5.95 Å². The fourth-order valence-corrected chi connectivity index (χ4v) is 5.22. The molecule has 0 spiro atoms. The van der Waals surface area contributed by atoms with Gasteiger partial charge in [-0.25, -0.2) is 18.4 Å². The maximum atomic E-state index is 12.3. The molecule has 3 rings (SSSR count). The molecule has 1 aromatic rings. The van der Waals surface area contributed by atoms with Crippen LogP contribution in [0.15, 0.2) is 23.5 Å². The topological polar surface area (TPSA) is 94.0 Å². The maximum Gasteiger partial charge on any atom is 0.225 e. The number of guanidine groups is 1. The van der Waals surface area contributed by atoms with Crippen LogP contribution in [0, 0.1) is 0 Å². The molecule has 176 valence electrons. The van der Waals surface area contributed by atoms with Crippen molar-refractivity contribution in [1.29, 1.82) is 0 Å². The van der Waals surface area contributed by atoms with Crippen molar-refractivity contribution < 1.29 is 8.42 Å². The molecule has 0 unspecified atom stereocenters. The molecule has 0 radical (unpaired) electrons. The Kier molecular flexibility index (Phi) is 9.74. The monoisotopic (exact) mass is 565 g/mol. The fourth-order valence-electron chi connectivity index (χ4n) is 3.86. The summed E-state index contributed by atoms with van der Waals surface area (Å²) < 4.78 is 23.8. The Labute approximate surface area is 203 Å². The number of halogens is 1. The number of aromatic nitrogens is 2. The molecule has 0 aliphatic carbocycles. The van der Waals surface area contributed by atoms with Crippen molar-refractivity contribution in [2.24, 2.45) is 4.99 Å². The third kappa shape index (κ3) is 6.88. The van der Waals surface area contributed by atoms with E-state index in [0.29, 0.717) is 13.1 Å². The fraction of sp³-hybridized carbons (Fsp3) is 0.750. The average molecular weight is 566 g/mol. The molecule has 11 heteroatoms. The lowest BCUT2D eigenvalue weighted by Gasteiger charge is -2.39. The summed E-state index contributed by atoms with van der Waals surface area (Å²) in [6.07, 6.45) is 4.55. The van der Waals surface area contributed by atoms with Gasteiger partial charge in [0.2, 0.25) is 5.95 Å². The second-order valence-corrected chi connectivity index (χ2v) is 11.2. The molecule has 1 N–H and O–H groups in total. The summed E-state index contributed by atoms with van der Waals surface area (Å²) in [6.45, 7) is 13.0. The number of sulfone groups is 1. The van der Waals surface area contributed by atoms with Gasteiger partial charge in [0.15, 0.2) is 15.8 Å². The number of rotatable bonds is 6. The highest BCUT2D eigenvalue weighted by atomic mass is 127. The summed E-state index contributed by atoms with van der Waals surface area (Å²) in [5.74, 6) is 1.81. The van der Waals surface area contributed by atoms with Gasteiger partial charge in [0.25, 0.3) is 0 Å². The number of anilines is 1. The highest BCUT2D eigenvalue weighted by Crippen LogP contribution is 2.23. The minimum Gasteiger partial charge on any atom is -0.357 e. The first-order valence-corrected chi connectivity index (χ1v) is 12.5. The van der Waals surface area contributed by atoms with Gasteiger partial charge in [-0.3, -0.25) is 9.89 Å². The largest absolute Gasteiger partial charge is 0.357 e. The van der Waals surface area contributed by atoms with E-state index in [9.17, 15) is 8.42 Å². The molecule has 0 saturated carbocycles. The van der Waals surface area contributed by atoms with Crippen molar-refractivity contribution >= 4 is 45.7 Å². The lowest BCUT2D eigenvalue weighted by Crippen LogP contribution is -2.57. The van der Waals surface area contributed by atoms with Crippen molar-refractivity contribution in [3.05, 3.63) is 18.5 Å². The average Bonchev–Trinajstić information content (AvgIpc) is 2.73. The van der Waals surface area contributed by atoms with Gasteiger partial charge in [0, 0.05) is 71.3 Å². The van der Waals surface area contributed by atoms with E-state index in [2.05, 4.69) is 30.0 Å². The SMILES string of the molecule is CCNC(=NCCCN1CCN(c2ncccn2)CC1)N1CCS(=O)(=O)C(C)(C)C1.I. The van der Waals surface area contributed by atoms with Gasteiger partial charge in [-0.15, -0.1) is 24.0 Å². The predicted molar refractivity (Wildman–Crippen MR) is 136 cm³/mol. The molecule has 0 amide bonds. The van der Waals surface area contributed by atoms with Crippen molar-refractivity contribution in [3.63, 3.8) is 0 Å². The van der Waals surface area contributed by atoms with E-state index in [4.69, 9.17) is 4.99 Å². The van der Waals surface area contributed by atoms with Crippen LogP contribution < -0.4 is 10.2 Å². The number of piperazine rings is 1. The Morgan fingerprint density at radius 1 is 1.16 bits per heavy atom. The second-order valence-electron chi connectivity index (χ2n) is 8.47. The number of nitrogens with zero attached hydrogens (tertiary/aromatic N) is 6. The number of hydrogen-bond donors (Lipinski definition) is 1. The zero-order valence-electron chi connectivity index (χ0n) is 18.8. The Morgan fingerprint density at radius 2 is 1.84 bits per heavy atom. The van der Waals surface area contributed by atoms with Crippen LogP contribution in [0.25, 0.3) is 0 Å². The van der Waals surface area contributed by atoms with E-state index < -0.39 is 14.6 Å². The van der Waals surface area contributed by atoms with Gasteiger partial charge in [0.05, 0.1) is 10.5 Å². The molecule has 2 saturated heterocycles. The molecule has 2 aliphatic heterocycles. The third-order valence-electron chi connectivity index (χ3n) is 5.78. The second kappa shape index (κ2) is 11.6. The molecule has 3 heterocycles. The lowest BCUT2D eigenvalue weighted by molar-refractivity contribution is 0.255. The van der Waals surface area contributed by atoms with Gasteiger partial charge in [-0.2, -0.15) is 0 Å². The van der Waals surface area contributed by atoms with Gasteiger partial charge >= 0.3 is 0 Å². The maximum absolute atomic E-state index is 12.3. The molecular weight excluding hydrogens is 529 g/mol. The zero-order valence-corrected chi connectivity index (χ0v) is 22.0. The molecular formula is C20H36IN7O2S. The molecule has 31 heavy (non-hydrogen) atoms. The van der Waals surface area contributed by atoms with Gasteiger partial charge in [0.1, 0.15) is 0 Å². The van der Waals surface area contributed by atoms with Crippen LogP contribution in [0.1, 0.15) is 27.2 Å². The summed E-state index contributed by atoms with van der Waals surface area (Å²) >= 11 is 0. The highest BCUT2D eigenvalue weighted by molar-refractivity contribution is 14.0. The van der Waals surface area contributed by atoms with Crippen molar-refractivity contribution in [2.75, 3.05) is 69.6 Å². The standard InChI is InChI=1S/C20H35N7O2S.HI/c1-4-21-18(27-15-16-30(28,29)20(2,3)17-27)24-9-6-10-25-11-13-26(14-12-25)19-22-7-5-8-23-19;/h5,7-8H,4,6,9-17H2,1-3H3,(H,21,24);1H. The normalized spacial score (nSPS) is 21.5. The molecule has 1 aromatic heterocycles. The van der Waals surface area contributed by atoms with Crippen molar-refractivity contribution in [3.8, 4) is 0 Å². The number of nitrogens with one attached hydrogen (secondary N) is 1. The smallest absolute Gasteiger partial charge is 0.225 e. The molecule has 0 bridgehead atoms. The first kappa shape index (κ1) is 26.0. The minimum atomic E-state index is -3.05. The summed E-state index contributed by atoms with van der Waals surface area (Å²) in [6, 6.07) is 1.84. The minimum absolute atomic E-state index is 0. The van der Waals surface area contributed by atoms with Crippen LogP contribution in [0.5, 0.6) is 0 Å². The number of aliphatic imine (C=N–C) groups is 1. The van der Waals surface area contributed by atoms with Crippen LogP contribution in [-0.4, -0.2) is 104 Å². The van der Waals surface area contributed by atoms with Gasteiger partial charge < -0.3 is 15.1 Å². The van der Waals surface area contributed by atoms with Crippen molar-refractivity contribution in [1.82, 2.24) is 25.1 Å². The van der Waals surface area contributed by atoms with Crippen LogP contribution in [0.2, 0.25) is 0 Å². The predicted octanol–water partition coefficient (Wildman–Crippen LogP) is 1.08. The Morgan fingerprint density at radius 3 is 2.45 bits per heavy atom. The Balaban J connectivity index is 0.00000341. The Hall–Kier alpha value is -1.21. The first-order chi connectivity index (χ1) is 14.3. The van der Waals surface area contributed by atoms with E-state index in [-0.39, 0.29) is 29.7 Å². The molecule has 0 atom stereocenters. The lowest BCUT2D eigenvalue weighted by atomic mass is 10.2. The zero-order chi connectivity index (χ0) is 21.6. The van der Waals surface area contributed by atoms with E-state index in [1.165, 1.54) is 0 Å². The third-order valence-corrected chi connectivity index (χ3v) is 8.31. The van der Waals surface area contributed by atoms with Gasteiger partial charge in [-0.05, 0) is 33.3 Å². The highest BCUT2D eigenvalue weighted by Gasteiger charge is 2.40. The molecule has 2 fully saturated rings. The van der Waals surface area contributed by atoms with Crippen molar-refractivity contribution in [2.45, 2.75) is 31.9 Å². The van der Waals surface area contributed by atoms with E-state index in [1.54, 1.807) is 26.2 Å². The van der Waals surface area contributed by atoms with Crippen LogP contribution >= 0.6 is 24.0 Å². The summed E-state index contributed by atoms with van der Waals surface area (Å²) in [4.78, 5) is 20.2. The quantitative estimate of drug-likeness (QED) is 0.237. The summed E-state index contributed by atoms with van der Waals surface area (Å²) in [5, 5.41) is 3.33. The summed E-state index contributed by atoms with van der Waals surface area (Å²) in [5.41, 5.74) is 0. The van der Waals surface area contributed by atoms with Gasteiger partial charge in [-0.1, -0.05) is 0 Å². The Bertz CT molecular complexity index is 812. The van der Waals surface area contributed by atoms with Crippen LogP contribution in [-0.2, 0) is 9.84 Å². The molecule has 2 aliphatic rings. The van der Waals surface area contributed by atoms with E-state index in [1.807, 2.05) is 13.0 Å².